The van der Waals surface area contributed by atoms with Gasteiger partial charge in [-0.2, -0.15) is 5.10 Å². The van der Waals surface area contributed by atoms with E-state index >= 15 is 0 Å². The van der Waals surface area contributed by atoms with Crippen LogP contribution in [0.5, 0.6) is 0 Å². The molecule has 0 aliphatic rings. The average Bonchev–Trinajstić information content (AvgIpc) is 2.90. The molecule has 5 nitrogen and oxygen atoms in total. The molecule has 138 valence electrons. The van der Waals surface area contributed by atoms with Crippen molar-refractivity contribution < 1.29 is 9.18 Å². The van der Waals surface area contributed by atoms with Gasteiger partial charge in [0.05, 0.1) is 11.2 Å². The summed E-state index contributed by atoms with van der Waals surface area (Å²) in [7, 11) is 0. The van der Waals surface area contributed by atoms with E-state index in [2.05, 4.69) is 10.4 Å². The maximum atomic E-state index is 14.5. The van der Waals surface area contributed by atoms with Crippen LogP contribution < -0.4 is 11.1 Å². The number of benzene rings is 1. The highest BCUT2D eigenvalue weighted by Gasteiger charge is 2.27. The van der Waals surface area contributed by atoms with Gasteiger partial charge in [-0.05, 0) is 51.0 Å². The molecule has 0 unspecified atom stereocenters. The lowest BCUT2D eigenvalue weighted by Gasteiger charge is -2.31. The molecule has 0 aliphatic heterocycles. The van der Waals surface area contributed by atoms with E-state index in [0.717, 1.165) is 24.2 Å². The minimum atomic E-state index is -0.486. The molecule has 1 heterocycles. The van der Waals surface area contributed by atoms with Crippen LogP contribution in [0.2, 0.25) is 0 Å². The van der Waals surface area contributed by atoms with Gasteiger partial charge in [0.2, 0.25) is 0 Å². The van der Waals surface area contributed by atoms with Gasteiger partial charge >= 0.3 is 0 Å². The van der Waals surface area contributed by atoms with E-state index in [1.54, 1.807) is 12.1 Å². The monoisotopic (exact) mass is 368 g/mol. The maximum Gasteiger partial charge on any atom is 0.251 e. The van der Waals surface area contributed by atoms with Gasteiger partial charge in [-0.3, -0.25) is 4.79 Å². The second-order valence-electron chi connectivity index (χ2n) is 6.15. The molecule has 0 bridgehead atoms. The van der Waals surface area contributed by atoms with Crippen molar-refractivity contribution in [3.8, 4) is 5.69 Å². The quantitative estimate of drug-likeness (QED) is 0.821. The maximum absolute atomic E-state index is 14.5. The van der Waals surface area contributed by atoms with Crippen LogP contribution in [-0.2, 0) is 0 Å². The molecule has 0 radical (unpaired) electrons. The summed E-state index contributed by atoms with van der Waals surface area (Å²) in [4.78, 5) is 12.5. The number of carbonyl (C=O) groups is 1. The number of hydrogen-bond acceptors (Lipinski definition) is 3. The number of halogens is 2. The van der Waals surface area contributed by atoms with Crippen LogP contribution in [0.15, 0.2) is 24.3 Å². The van der Waals surface area contributed by atoms with Crippen LogP contribution in [-0.4, -0.2) is 27.8 Å². The largest absolute Gasteiger partial charge is 0.345 e. The summed E-state index contributed by atoms with van der Waals surface area (Å²) in [6, 6.07) is 6.30. The first-order chi connectivity index (χ1) is 11.4. The zero-order valence-corrected chi connectivity index (χ0v) is 15.9. The molecule has 0 spiro atoms. The first-order valence-corrected chi connectivity index (χ1v) is 8.21. The summed E-state index contributed by atoms with van der Waals surface area (Å²) < 4.78 is 16.0. The summed E-state index contributed by atoms with van der Waals surface area (Å²) in [6.45, 7) is 8.01. The van der Waals surface area contributed by atoms with Gasteiger partial charge in [-0.15, -0.1) is 12.4 Å². The van der Waals surface area contributed by atoms with Crippen LogP contribution in [0, 0.1) is 19.7 Å². The van der Waals surface area contributed by atoms with Gasteiger partial charge in [-0.25, -0.2) is 9.07 Å². The number of nitrogens with zero attached hydrogens (tertiary/aromatic N) is 2. The Labute approximate surface area is 154 Å². The molecule has 3 N–H and O–H groups in total. The number of rotatable bonds is 6. The van der Waals surface area contributed by atoms with E-state index in [1.165, 1.54) is 10.7 Å². The summed E-state index contributed by atoms with van der Waals surface area (Å²) in [5, 5.41) is 7.22. The SMILES string of the molecule is CCC(CC)(CN)NC(=O)c1ccc(-n2nc(C)cc2C)c(F)c1.Cl. The molecule has 2 rings (SSSR count). The molecule has 1 aromatic carbocycles. The van der Waals surface area contributed by atoms with Crippen molar-refractivity contribution in [2.75, 3.05) is 6.54 Å². The van der Waals surface area contributed by atoms with Crippen molar-refractivity contribution in [3.63, 3.8) is 0 Å². The van der Waals surface area contributed by atoms with Crippen LogP contribution >= 0.6 is 12.4 Å². The molecule has 2 aromatic rings. The second-order valence-corrected chi connectivity index (χ2v) is 6.15. The number of aryl methyl sites for hydroxylation is 2. The topological polar surface area (TPSA) is 72.9 Å². The Morgan fingerprint density at radius 3 is 2.36 bits per heavy atom. The Hall–Kier alpha value is -1.92. The van der Waals surface area contributed by atoms with Crippen LogP contribution in [0.4, 0.5) is 4.39 Å². The fourth-order valence-electron chi connectivity index (χ4n) is 2.77. The van der Waals surface area contributed by atoms with E-state index in [-0.39, 0.29) is 23.9 Å². The average molecular weight is 369 g/mol. The molecule has 0 saturated carbocycles. The molecule has 7 heteroatoms. The molecular weight excluding hydrogens is 343 g/mol. The lowest BCUT2D eigenvalue weighted by Crippen LogP contribution is -2.52. The predicted octanol–water partition coefficient (Wildman–Crippen LogP) is 3.30. The molecule has 0 fully saturated rings. The molecule has 0 aliphatic carbocycles. The van der Waals surface area contributed by atoms with Crippen molar-refractivity contribution in [2.24, 2.45) is 5.73 Å². The minimum Gasteiger partial charge on any atom is -0.345 e. The van der Waals surface area contributed by atoms with E-state index in [0.29, 0.717) is 12.2 Å². The molecule has 0 saturated heterocycles. The van der Waals surface area contributed by atoms with Gasteiger partial charge in [0.1, 0.15) is 11.5 Å². The van der Waals surface area contributed by atoms with E-state index in [4.69, 9.17) is 5.73 Å². The van der Waals surface area contributed by atoms with Crippen LogP contribution in [0.3, 0.4) is 0 Å². The van der Waals surface area contributed by atoms with Gasteiger partial charge in [-0.1, -0.05) is 13.8 Å². The van der Waals surface area contributed by atoms with Gasteiger partial charge in [0, 0.05) is 17.8 Å². The number of nitrogens with two attached hydrogens (primary N) is 1. The first-order valence-electron chi connectivity index (χ1n) is 8.21. The Kier molecular flexibility index (Phi) is 7.14. The van der Waals surface area contributed by atoms with Gasteiger partial charge < -0.3 is 11.1 Å². The lowest BCUT2D eigenvalue weighted by atomic mass is 9.92. The molecule has 0 atom stereocenters. The van der Waals surface area contributed by atoms with Crippen molar-refractivity contribution in [3.05, 3.63) is 47.0 Å². The van der Waals surface area contributed by atoms with Crippen LogP contribution in [0.25, 0.3) is 5.69 Å². The fraction of sp³-hybridized carbons (Fsp3) is 0.444. The molecule has 1 aromatic heterocycles. The third kappa shape index (κ3) is 4.38. The Bertz CT molecular complexity index is 732. The standard InChI is InChI=1S/C18H25FN4O.ClH/c1-5-18(6-2,11-20)21-17(24)14-7-8-16(15(19)10-14)23-13(4)9-12(3)22-23;/h7-10H,5-6,11,20H2,1-4H3,(H,21,24);1H. The highest BCUT2D eigenvalue weighted by molar-refractivity contribution is 5.95. The highest BCUT2D eigenvalue weighted by Crippen LogP contribution is 2.19. The van der Waals surface area contributed by atoms with Crippen molar-refractivity contribution >= 4 is 18.3 Å². The zero-order valence-electron chi connectivity index (χ0n) is 15.1. The van der Waals surface area contributed by atoms with Crippen molar-refractivity contribution in [2.45, 2.75) is 46.1 Å². The van der Waals surface area contributed by atoms with E-state index < -0.39 is 11.4 Å². The summed E-state index contributed by atoms with van der Waals surface area (Å²) >= 11 is 0. The number of aromatic nitrogens is 2. The summed E-state index contributed by atoms with van der Waals surface area (Å²) in [5.41, 5.74) is 7.60. The van der Waals surface area contributed by atoms with Gasteiger partial charge in [0.25, 0.3) is 5.91 Å². The summed E-state index contributed by atoms with van der Waals surface area (Å²) in [6.07, 6.45) is 1.44. The van der Waals surface area contributed by atoms with Crippen molar-refractivity contribution in [1.29, 1.82) is 0 Å². The molecule has 1 amide bonds. The first kappa shape index (κ1) is 21.1. The molecule has 25 heavy (non-hydrogen) atoms. The third-order valence-corrected chi connectivity index (χ3v) is 4.57. The number of carbonyl (C=O) groups excluding carboxylic acids is 1. The predicted molar refractivity (Wildman–Crippen MR) is 100 cm³/mol. The van der Waals surface area contributed by atoms with E-state index in [1.807, 2.05) is 33.8 Å². The smallest absolute Gasteiger partial charge is 0.251 e. The number of hydrogen-bond donors (Lipinski definition) is 2. The number of nitrogens with one attached hydrogen (secondary N) is 1. The lowest BCUT2D eigenvalue weighted by molar-refractivity contribution is 0.0895. The third-order valence-electron chi connectivity index (χ3n) is 4.57. The Balaban J connectivity index is 0.00000312. The Morgan fingerprint density at radius 1 is 1.28 bits per heavy atom. The van der Waals surface area contributed by atoms with E-state index in [9.17, 15) is 9.18 Å². The summed E-state index contributed by atoms with van der Waals surface area (Å²) in [5.74, 6) is -0.803. The fourth-order valence-corrected chi connectivity index (χ4v) is 2.77. The molecular formula is C18H26ClFN4O. The zero-order chi connectivity index (χ0) is 17.9. The van der Waals surface area contributed by atoms with Crippen LogP contribution in [0.1, 0.15) is 48.4 Å². The second kappa shape index (κ2) is 8.45. The van der Waals surface area contributed by atoms with Crippen molar-refractivity contribution in [1.82, 2.24) is 15.1 Å². The van der Waals surface area contributed by atoms with Gasteiger partial charge in [0.15, 0.2) is 0 Å². The minimum absolute atomic E-state index is 0. The highest BCUT2D eigenvalue weighted by atomic mass is 35.5. The Morgan fingerprint density at radius 2 is 1.92 bits per heavy atom. The normalized spacial score (nSPS) is 11.1. The number of amides is 1.